The number of nitrogens with zero attached hydrogens (tertiary/aromatic N) is 1. The summed E-state index contributed by atoms with van der Waals surface area (Å²) >= 11 is 0. The van der Waals surface area contributed by atoms with Crippen LogP contribution in [0.25, 0.3) is 0 Å². The van der Waals surface area contributed by atoms with Crippen molar-refractivity contribution in [1.82, 2.24) is 0 Å². The molecule has 4 heteroatoms. The fourth-order valence-corrected chi connectivity index (χ4v) is 4.18. The molecule has 1 aromatic rings. The second kappa shape index (κ2) is 4.83. The lowest BCUT2D eigenvalue weighted by molar-refractivity contribution is -0.167. The molecule has 0 radical (unpaired) electrons. The Bertz CT molecular complexity index is 681. The number of hydrogen-bond acceptors (Lipinski definition) is 3. The Kier molecular flexibility index (Phi) is 3.36. The van der Waals surface area contributed by atoms with Crippen LogP contribution in [-0.4, -0.2) is 24.0 Å². The lowest BCUT2D eigenvalue weighted by atomic mass is 9.66. The predicted octanol–water partition coefficient (Wildman–Crippen LogP) is 3.47. The Morgan fingerprint density at radius 3 is 2.43 bits per heavy atom. The molecule has 0 spiro atoms. The molecule has 0 aromatic heterocycles. The lowest BCUT2D eigenvalue weighted by Gasteiger charge is -2.38. The van der Waals surface area contributed by atoms with Crippen molar-refractivity contribution >= 4 is 17.6 Å². The fraction of sp³-hybridized carbons (Fsp3) is 0.579. The van der Waals surface area contributed by atoms with Gasteiger partial charge in [0.1, 0.15) is 0 Å². The van der Waals surface area contributed by atoms with Crippen LogP contribution >= 0.6 is 0 Å². The van der Waals surface area contributed by atoms with Crippen molar-refractivity contribution in [1.29, 1.82) is 0 Å². The summed E-state index contributed by atoms with van der Waals surface area (Å²) in [6.45, 7) is 10.4. The molecule has 1 aromatic carbocycles. The van der Waals surface area contributed by atoms with E-state index in [1.165, 1.54) is 0 Å². The molecule has 1 amide bonds. The van der Waals surface area contributed by atoms with Gasteiger partial charge in [-0.2, -0.15) is 0 Å². The minimum atomic E-state index is -1.04. The van der Waals surface area contributed by atoms with Crippen LogP contribution in [0.3, 0.4) is 0 Å². The van der Waals surface area contributed by atoms with Gasteiger partial charge < -0.3 is 9.64 Å². The van der Waals surface area contributed by atoms with E-state index in [0.717, 1.165) is 11.3 Å². The molecule has 2 aliphatic rings. The molecule has 1 heterocycles. The van der Waals surface area contributed by atoms with Gasteiger partial charge >= 0.3 is 5.97 Å². The van der Waals surface area contributed by atoms with E-state index >= 15 is 0 Å². The number of carbonyl (C=O) groups excluding carboxylic acids is 2. The van der Waals surface area contributed by atoms with Gasteiger partial charge in [0.25, 0.3) is 5.91 Å². The maximum atomic E-state index is 13.4. The van der Waals surface area contributed by atoms with Crippen LogP contribution in [-0.2, 0) is 14.3 Å². The highest BCUT2D eigenvalue weighted by Gasteiger charge is 2.76. The van der Waals surface area contributed by atoms with Crippen molar-refractivity contribution in [3.8, 4) is 0 Å². The van der Waals surface area contributed by atoms with Gasteiger partial charge in [-0.3, -0.25) is 9.59 Å². The minimum Gasteiger partial charge on any atom is -0.448 e. The largest absolute Gasteiger partial charge is 0.448 e. The predicted molar refractivity (Wildman–Crippen MR) is 89.2 cm³/mol. The fourth-order valence-electron chi connectivity index (χ4n) is 4.18. The molecule has 1 saturated heterocycles. The minimum absolute atomic E-state index is 0.0924. The van der Waals surface area contributed by atoms with E-state index in [-0.39, 0.29) is 11.9 Å². The van der Waals surface area contributed by atoms with E-state index in [4.69, 9.17) is 4.74 Å². The number of likely N-dealkylation sites (N-methyl/N-ethyl adjacent to an activating group) is 1. The zero-order valence-electron chi connectivity index (χ0n) is 14.6. The molecule has 0 N–H and O–H groups in total. The van der Waals surface area contributed by atoms with E-state index < -0.39 is 16.4 Å². The Morgan fingerprint density at radius 2 is 1.96 bits per heavy atom. The summed E-state index contributed by atoms with van der Waals surface area (Å²) in [6.07, 6.45) is 1.30. The maximum absolute atomic E-state index is 13.4. The number of anilines is 1. The first kappa shape index (κ1) is 16.0. The highest BCUT2D eigenvalue weighted by atomic mass is 16.6. The maximum Gasteiger partial charge on any atom is 0.313 e. The third-order valence-electron chi connectivity index (χ3n) is 6.30. The Hall–Kier alpha value is -1.84. The van der Waals surface area contributed by atoms with E-state index in [1.54, 1.807) is 4.90 Å². The molecule has 1 aliphatic carbocycles. The highest BCUT2D eigenvalue weighted by molar-refractivity contribution is 6.04. The zero-order chi connectivity index (χ0) is 17.0. The topological polar surface area (TPSA) is 46.6 Å². The number of aryl methyl sites for hydroxylation is 1. The number of ether oxygens (including phenoxy) is 1. The summed E-state index contributed by atoms with van der Waals surface area (Å²) in [5, 5.41) is 0. The average molecular weight is 315 g/mol. The SMILES string of the molecule is CCN(C(=O)[C@]12CC[C@](C)(C(=O)O1)C2(C)C)c1cccc(C)c1. The van der Waals surface area contributed by atoms with Gasteiger partial charge in [-0.25, -0.2) is 0 Å². The molecule has 4 nitrogen and oxygen atoms in total. The Balaban J connectivity index is 2.04. The molecule has 124 valence electrons. The summed E-state index contributed by atoms with van der Waals surface area (Å²) in [6, 6.07) is 7.88. The number of benzene rings is 1. The standard InChI is InChI=1S/C19H25NO3/c1-6-20(14-9-7-8-13(2)12-14)15(21)19-11-10-18(5,16(22)23-19)17(19,3)4/h7-9,12H,6,10-11H2,1-5H3/t18-,19+/m1/s1. The number of amides is 1. The monoisotopic (exact) mass is 315 g/mol. The molecule has 1 saturated carbocycles. The normalized spacial score (nSPS) is 31.1. The van der Waals surface area contributed by atoms with E-state index in [2.05, 4.69) is 0 Å². The summed E-state index contributed by atoms with van der Waals surface area (Å²) in [5.41, 5.74) is -0.164. The summed E-state index contributed by atoms with van der Waals surface area (Å²) < 4.78 is 5.73. The first-order chi connectivity index (χ1) is 10.7. The molecule has 0 unspecified atom stereocenters. The average Bonchev–Trinajstić information content (AvgIpc) is 2.78. The van der Waals surface area contributed by atoms with Crippen LogP contribution < -0.4 is 4.90 Å². The van der Waals surface area contributed by atoms with E-state index in [0.29, 0.717) is 19.4 Å². The molecular weight excluding hydrogens is 290 g/mol. The molecule has 2 atom stereocenters. The smallest absolute Gasteiger partial charge is 0.313 e. The Morgan fingerprint density at radius 1 is 1.26 bits per heavy atom. The molecule has 3 rings (SSSR count). The van der Waals surface area contributed by atoms with Crippen molar-refractivity contribution in [2.45, 2.75) is 53.1 Å². The lowest BCUT2D eigenvalue weighted by Crippen LogP contribution is -2.55. The van der Waals surface area contributed by atoms with Crippen molar-refractivity contribution in [3.63, 3.8) is 0 Å². The van der Waals surface area contributed by atoms with Gasteiger partial charge in [0, 0.05) is 17.6 Å². The van der Waals surface area contributed by atoms with Gasteiger partial charge in [-0.1, -0.05) is 26.0 Å². The van der Waals surface area contributed by atoms with Crippen LogP contribution in [0.2, 0.25) is 0 Å². The van der Waals surface area contributed by atoms with Crippen molar-refractivity contribution in [2.75, 3.05) is 11.4 Å². The molecule has 23 heavy (non-hydrogen) atoms. The third-order valence-corrected chi connectivity index (χ3v) is 6.30. The van der Waals surface area contributed by atoms with Crippen LogP contribution in [0.15, 0.2) is 24.3 Å². The van der Waals surface area contributed by atoms with Gasteiger partial charge in [0.05, 0.1) is 5.41 Å². The highest BCUT2D eigenvalue weighted by Crippen LogP contribution is 2.66. The van der Waals surface area contributed by atoms with Gasteiger partial charge in [-0.15, -0.1) is 0 Å². The van der Waals surface area contributed by atoms with Crippen LogP contribution in [0.4, 0.5) is 5.69 Å². The van der Waals surface area contributed by atoms with Crippen LogP contribution in [0, 0.1) is 17.8 Å². The van der Waals surface area contributed by atoms with Crippen molar-refractivity contribution in [2.24, 2.45) is 10.8 Å². The van der Waals surface area contributed by atoms with Crippen LogP contribution in [0.1, 0.15) is 46.1 Å². The van der Waals surface area contributed by atoms with Gasteiger partial charge in [0.2, 0.25) is 0 Å². The van der Waals surface area contributed by atoms with E-state index in [1.807, 2.05) is 58.9 Å². The Labute approximate surface area is 137 Å². The number of fused-ring (bicyclic) bond motifs is 2. The second-order valence-corrected chi connectivity index (χ2v) is 7.56. The summed E-state index contributed by atoms with van der Waals surface area (Å²) in [5.74, 6) is -0.326. The van der Waals surface area contributed by atoms with Crippen molar-refractivity contribution in [3.05, 3.63) is 29.8 Å². The third kappa shape index (κ3) is 1.84. The summed E-state index contributed by atoms with van der Waals surface area (Å²) in [7, 11) is 0. The van der Waals surface area contributed by atoms with E-state index in [9.17, 15) is 9.59 Å². The van der Waals surface area contributed by atoms with Crippen LogP contribution in [0.5, 0.6) is 0 Å². The van der Waals surface area contributed by atoms with Gasteiger partial charge in [-0.05, 0) is 51.3 Å². The number of esters is 1. The first-order valence-electron chi connectivity index (χ1n) is 8.32. The molecule has 1 aliphatic heterocycles. The number of rotatable bonds is 3. The quantitative estimate of drug-likeness (QED) is 0.802. The molecule has 2 bridgehead atoms. The molecule has 2 fully saturated rings. The second-order valence-electron chi connectivity index (χ2n) is 7.56. The van der Waals surface area contributed by atoms with Crippen molar-refractivity contribution < 1.29 is 14.3 Å². The zero-order valence-corrected chi connectivity index (χ0v) is 14.6. The number of carbonyl (C=O) groups is 2. The summed E-state index contributed by atoms with van der Waals surface area (Å²) in [4.78, 5) is 27.6. The number of hydrogen-bond donors (Lipinski definition) is 0. The van der Waals surface area contributed by atoms with Gasteiger partial charge in [0.15, 0.2) is 5.60 Å². The first-order valence-corrected chi connectivity index (χ1v) is 8.32. The molecular formula is C19H25NO3.